The molecule has 8 nitrogen and oxygen atoms in total. The van der Waals surface area contributed by atoms with Gasteiger partial charge >= 0.3 is 6.36 Å². The Balaban J connectivity index is 0.000000431. The van der Waals surface area contributed by atoms with E-state index in [0.717, 1.165) is 31.9 Å². The van der Waals surface area contributed by atoms with Gasteiger partial charge in [-0.3, -0.25) is 4.79 Å². The summed E-state index contributed by atoms with van der Waals surface area (Å²) in [4.78, 5) is 29.3. The Kier molecular flexibility index (Phi) is 6.33. The van der Waals surface area contributed by atoms with Crippen LogP contribution in [0.3, 0.4) is 0 Å². The number of nitrogens with zero attached hydrogens (tertiary/aromatic N) is 5. The van der Waals surface area contributed by atoms with Crippen molar-refractivity contribution in [3.05, 3.63) is 30.6 Å². The summed E-state index contributed by atoms with van der Waals surface area (Å²) in [5.74, 6) is 0.337. The van der Waals surface area contributed by atoms with E-state index < -0.39 is 12.2 Å². The Morgan fingerprint density at radius 1 is 1.19 bits per heavy atom. The summed E-state index contributed by atoms with van der Waals surface area (Å²) in [6.45, 7) is 1.82. The van der Waals surface area contributed by atoms with Crippen LogP contribution in [-0.2, 0) is 4.79 Å². The second-order valence-electron chi connectivity index (χ2n) is 5.07. The molecule has 0 atom stereocenters. The van der Waals surface area contributed by atoms with Gasteiger partial charge in [0.1, 0.15) is 17.8 Å². The summed E-state index contributed by atoms with van der Waals surface area (Å²) >= 11 is 0. The van der Waals surface area contributed by atoms with Crippen LogP contribution in [0.5, 0.6) is 0 Å². The SMILES string of the molecule is O=C(CNc1cc(-c2ncc(F)cn2)ncn1)N1CCC1.OC(F)(F)F. The van der Waals surface area contributed by atoms with Gasteiger partial charge in [-0.25, -0.2) is 24.3 Å². The molecule has 140 valence electrons. The van der Waals surface area contributed by atoms with Crippen LogP contribution in [0.2, 0.25) is 0 Å². The molecule has 1 aliphatic rings. The number of anilines is 1. The first kappa shape index (κ1) is 19.4. The zero-order valence-electron chi connectivity index (χ0n) is 13.2. The number of likely N-dealkylation sites (tertiary alicyclic amines) is 1. The van der Waals surface area contributed by atoms with E-state index in [2.05, 4.69) is 25.3 Å². The van der Waals surface area contributed by atoms with E-state index in [1.54, 1.807) is 11.0 Å². The average molecular weight is 374 g/mol. The Labute approximate surface area is 144 Å². The summed E-state index contributed by atoms with van der Waals surface area (Å²) in [6, 6.07) is 1.62. The van der Waals surface area contributed by atoms with E-state index in [4.69, 9.17) is 5.11 Å². The van der Waals surface area contributed by atoms with Gasteiger partial charge < -0.3 is 15.3 Å². The van der Waals surface area contributed by atoms with Gasteiger partial charge in [0.2, 0.25) is 5.91 Å². The Morgan fingerprint density at radius 3 is 2.35 bits per heavy atom. The van der Waals surface area contributed by atoms with E-state index in [1.807, 2.05) is 0 Å². The first-order chi connectivity index (χ1) is 12.2. The summed E-state index contributed by atoms with van der Waals surface area (Å²) < 4.78 is 42.5. The normalized spacial score (nSPS) is 13.3. The van der Waals surface area contributed by atoms with Gasteiger partial charge in [0, 0.05) is 19.2 Å². The lowest BCUT2D eigenvalue weighted by atomic mass is 10.2. The fraction of sp³-hybridized carbons (Fsp3) is 0.357. The molecule has 0 bridgehead atoms. The number of carbonyl (C=O) groups excluding carboxylic acids is 1. The molecule has 2 aromatic heterocycles. The van der Waals surface area contributed by atoms with Crippen LogP contribution in [0.15, 0.2) is 24.8 Å². The van der Waals surface area contributed by atoms with Gasteiger partial charge in [-0.15, -0.1) is 13.2 Å². The van der Waals surface area contributed by atoms with Crippen LogP contribution in [0.1, 0.15) is 6.42 Å². The van der Waals surface area contributed by atoms with Crippen molar-refractivity contribution in [2.24, 2.45) is 0 Å². The Morgan fingerprint density at radius 2 is 1.81 bits per heavy atom. The first-order valence-corrected chi connectivity index (χ1v) is 7.33. The minimum absolute atomic E-state index is 0.0412. The number of halogens is 4. The molecule has 0 aliphatic carbocycles. The predicted octanol–water partition coefficient (Wildman–Crippen LogP) is 1.22. The zero-order valence-corrected chi connectivity index (χ0v) is 13.2. The quantitative estimate of drug-likeness (QED) is 0.776. The highest BCUT2D eigenvalue weighted by molar-refractivity contribution is 5.81. The number of amides is 1. The second kappa shape index (κ2) is 8.47. The van der Waals surface area contributed by atoms with E-state index in [0.29, 0.717) is 17.3 Å². The van der Waals surface area contributed by atoms with Crippen molar-refractivity contribution in [2.75, 3.05) is 25.0 Å². The molecule has 1 fully saturated rings. The Bertz CT molecular complexity index is 731. The molecule has 0 unspecified atom stereocenters. The van der Waals surface area contributed by atoms with E-state index in [1.165, 1.54) is 6.33 Å². The summed E-state index contributed by atoms with van der Waals surface area (Å²) in [5.41, 5.74) is 0.462. The summed E-state index contributed by atoms with van der Waals surface area (Å²) in [5, 5.41) is 9.46. The minimum Gasteiger partial charge on any atom is -0.361 e. The number of carbonyl (C=O) groups is 1. The maximum atomic E-state index is 12.8. The number of nitrogens with one attached hydrogen (secondary N) is 1. The van der Waals surface area contributed by atoms with Gasteiger partial charge in [0.25, 0.3) is 0 Å². The fourth-order valence-electron chi connectivity index (χ4n) is 1.86. The van der Waals surface area contributed by atoms with Crippen LogP contribution in [0.4, 0.5) is 23.4 Å². The molecule has 0 saturated carbocycles. The monoisotopic (exact) mass is 374 g/mol. The third kappa shape index (κ3) is 6.55. The van der Waals surface area contributed by atoms with E-state index in [9.17, 15) is 22.4 Å². The molecule has 3 heterocycles. The third-order valence-corrected chi connectivity index (χ3v) is 3.15. The molecule has 26 heavy (non-hydrogen) atoms. The van der Waals surface area contributed by atoms with Gasteiger partial charge in [0.05, 0.1) is 18.9 Å². The first-order valence-electron chi connectivity index (χ1n) is 7.33. The molecular weight excluding hydrogens is 360 g/mol. The van der Waals surface area contributed by atoms with Gasteiger partial charge in [0.15, 0.2) is 11.6 Å². The molecule has 0 aromatic carbocycles. The number of rotatable bonds is 4. The van der Waals surface area contributed by atoms with Crippen molar-refractivity contribution < 1.29 is 27.5 Å². The topological polar surface area (TPSA) is 104 Å². The maximum Gasteiger partial charge on any atom is 0.519 e. The predicted molar refractivity (Wildman–Crippen MR) is 81.0 cm³/mol. The number of aliphatic hydroxyl groups is 1. The molecule has 0 radical (unpaired) electrons. The maximum absolute atomic E-state index is 12.8. The van der Waals surface area contributed by atoms with Crippen LogP contribution >= 0.6 is 0 Å². The molecule has 12 heteroatoms. The molecule has 0 spiro atoms. The van der Waals surface area contributed by atoms with Crippen molar-refractivity contribution in [3.8, 4) is 11.5 Å². The highest BCUT2D eigenvalue weighted by Crippen LogP contribution is 2.14. The highest BCUT2D eigenvalue weighted by Gasteiger charge is 2.20. The molecule has 1 amide bonds. The average Bonchev–Trinajstić information content (AvgIpc) is 2.51. The highest BCUT2D eigenvalue weighted by atomic mass is 19.4. The van der Waals surface area contributed by atoms with E-state index in [-0.39, 0.29) is 12.5 Å². The van der Waals surface area contributed by atoms with Gasteiger partial charge in [-0.05, 0) is 6.42 Å². The van der Waals surface area contributed by atoms with Crippen molar-refractivity contribution in [1.82, 2.24) is 24.8 Å². The van der Waals surface area contributed by atoms with Crippen molar-refractivity contribution >= 4 is 11.7 Å². The number of aromatic nitrogens is 4. The van der Waals surface area contributed by atoms with Gasteiger partial charge in [-0.2, -0.15) is 0 Å². The molecular formula is C14H14F4N6O2. The van der Waals surface area contributed by atoms with Crippen molar-refractivity contribution in [1.29, 1.82) is 0 Å². The third-order valence-electron chi connectivity index (χ3n) is 3.15. The molecule has 2 aromatic rings. The minimum atomic E-state index is -5.00. The smallest absolute Gasteiger partial charge is 0.361 e. The number of hydrogen-bond acceptors (Lipinski definition) is 7. The van der Waals surface area contributed by atoms with Crippen LogP contribution in [0.25, 0.3) is 11.5 Å². The Hall–Kier alpha value is -2.89. The van der Waals surface area contributed by atoms with Crippen LogP contribution < -0.4 is 5.32 Å². The molecule has 1 saturated heterocycles. The lowest BCUT2D eigenvalue weighted by Gasteiger charge is -2.30. The van der Waals surface area contributed by atoms with Crippen LogP contribution in [-0.4, -0.2) is 61.8 Å². The molecule has 3 rings (SSSR count). The van der Waals surface area contributed by atoms with E-state index >= 15 is 0 Å². The molecule has 2 N–H and O–H groups in total. The van der Waals surface area contributed by atoms with Gasteiger partial charge in [-0.1, -0.05) is 0 Å². The van der Waals surface area contributed by atoms with Crippen molar-refractivity contribution in [2.45, 2.75) is 12.8 Å². The second-order valence-corrected chi connectivity index (χ2v) is 5.07. The van der Waals surface area contributed by atoms with Crippen LogP contribution in [0, 0.1) is 5.82 Å². The largest absolute Gasteiger partial charge is 0.519 e. The summed E-state index contributed by atoms with van der Waals surface area (Å²) in [6.07, 6.45) is -0.445. The number of hydrogen-bond donors (Lipinski definition) is 2. The van der Waals surface area contributed by atoms with Crippen molar-refractivity contribution in [3.63, 3.8) is 0 Å². The standard InChI is InChI=1S/C13H13FN6O.CHF3O/c14-9-5-16-13(17-6-9)10-4-11(19-8-18-10)15-7-12(21)20-2-1-3-20;2-1(3,4)5/h4-6,8H,1-3,7H2,(H,15,18,19);5H. The molecule has 1 aliphatic heterocycles. The zero-order chi connectivity index (χ0) is 19.2. The summed E-state index contributed by atoms with van der Waals surface area (Å²) in [7, 11) is 0. The fourth-order valence-corrected chi connectivity index (χ4v) is 1.86. The number of alkyl halides is 3. The lowest BCUT2D eigenvalue weighted by Crippen LogP contribution is -2.44. The lowest BCUT2D eigenvalue weighted by molar-refractivity contribution is -0.295.